The van der Waals surface area contributed by atoms with E-state index in [4.69, 9.17) is 9.47 Å². The number of carbonyl (C=O) groups excluding carboxylic acids is 2. The van der Waals surface area contributed by atoms with Gasteiger partial charge in [0.15, 0.2) is 6.61 Å². The van der Waals surface area contributed by atoms with Gasteiger partial charge in [-0.1, -0.05) is 6.07 Å². The number of sulfonamides is 1. The summed E-state index contributed by atoms with van der Waals surface area (Å²) in [6.45, 7) is 0.492. The van der Waals surface area contributed by atoms with Gasteiger partial charge in [0.05, 0.1) is 23.8 Å². The van der Waals surface area contributed by atoms with Crippen molar-refractivity contribution in [1.29, 1.82) is 0 Å². The number of fused-ring (bicyclic) bond motifs is 1. The molecule has 2 amide bonds. The van der Waals surface area contributed by atoms with Crippen LogP contribution in [-0.4, -0.2) is 64.0 Å². The van der Waals surface area contributed by atoms with Gasteiger partial charge in [-0.15, -0.1) is 0 Å². The minimum atomic E-state index is -3.74. The largest absolute Gasteiger partial charge is 0.482 e. The Bertz CT molecular complexity index is 1120. The van der Waals surface area contributed by atoms with Crippen molar-refractivity contribution in [3.63, 3.8) is 0 Å². The van der Waals surface area contributed by atoms with Crippen LogP contribution in [0, 0.1) is 5.82 Å². The molecule has 0 saturated carbocycles. The first-order valence-corrected chi connectivity index (χ1v) is 11.0. The van der Waals surface area contributed by atoms with Gasteiger partial charge in [0.25, 0.3) is 5.91 Å². The molecule has 0 spiro atoms. The summed E-state index contributed by atoms with van der Waals surface area (Å²) in [6, 6.07) is 9.56. The number of carbonyl (C=O) groups is 2. The highest BCUT2D eigenvalue weighted by atomic mass is 32.2. The van der Waals surface area contributed by atoms with Crippen LogP contribution in [0.5, 0.6) is 5.75 Å². The molecule has 2 heterocycles. The fourth-order valence-electron chi connectivity index (χ4n) is 3.36. The number of nitrogens with zero attached hydrogens (tertiary/aromatic N) is 2. The van der Waals surface area contributed by atoms with E-state index in [1.807, 2.05) is 0 Å². The zero-order valence-corrected chi connectivity index (χ0v) is 17.2. The molecule has 0 aromatic heterocycles. The Labute approximate surface area is 178 Å². The summed E-state index contributed by atoms with van der Waals surface area (Å²) in [5.74, 6) is -1.30. The summed E-state index contributed by atoms with van der Waals surface area (Å²) in [5, 5.41) is 2.53. The molecule has 164 valence electrons. The molecular formula is C20H20FN3O6S. The summed E-state index contributed by atoms with van der Waals surface area (Å²) in [5.41, 5.74) is 0.546. The summed E-state index contributed by atoms with van der Waals surface area (Å²) in [7, 11) is -3.74. The van der Waals surface area contributed by atoms with Crippen molar-refractivity contribution in [1.82, 2.24) is 4.31 Å². The van der Waals surface area contributed by atoms with Crippen LogP contribution in [0.4, 0.5) is 15.8 Å². The highest BCUT2D eigenvalue weighted by Gasteiger charge is 2.31. The van der Waals surface area contributed by atoms with Crippen LogP contribution in [-0.2, 0) is 24.3 Å². The van der Waals surface area contributed by atoms with Crippen molar-refractivity contribution < 1.29 is 31.9 Å². The van der Waals surface area contributed by atoms with Crippen LogP contribution in [0.2, 0.25) is 0 Å². The summed E-state index contributed by atoms with van der Waals surface area (Å²) in [6.07, 6.45) is 0. The maximum atomic E-state index is 13.3. The minimum Gasteiger partial charge on any atom is -0.482 e. The van der Waals surface area contributed by atoms with E-state index < -0.39 is 27.7 Å². The molecule has 2 aromatic rings. The molecule has 11 heteroatoms. The third kappa shape index (κ3) is 4.53. The lowest BCUT2D eigenvalue weighted by Crippen LogP contribution is -2.43. The SMILES string of the molecule is O=C(CN1C(=O)COc2cc(S(=O)(=O)N3CCOCC3)ccc21)Nc1cccc(F)c1. The number of hydrogen-bond acceptors (Lipinski definition) is 6. The second kappa shape index (κ2) is 8.61. The van der Waals surface area contributed by atoms with E-state index >= 15 is 0 Å². The normalized spacial score (nSPS) is 17.1. The van der Waals surface area contributed by atoms with Gasteiger partial charge >= 0.3 is 0 Å². The van der Waals surface area contributed by atoms with Crippen molar-refractivity contribution >= 4 is 33.2 Å². The predicted octanol–water partition coefficient (Wildman–Crippen LogP) is 1.21. The molecule has 31 heavy (non-hydrogen) atoms. The Hall–Kier alpha value is -3.02. The molecule has 2 aromatic carbocycles. The molecule has 4 rings (SSSR count). The first-order chi connectivity index (χ1) is 14.8. The zero-order chi connectivity index (χ0) is 22.0. The van der Waals surface area contributed by atoms with Crippen molar-refractivity contribution in [2.75, 3.05) is 49.7 Å². The lowest BCUT2D eigenvalue weighted by molar-refractivity contribution is -0.123. The Kier molecular flexibility index (Phi) is 5.90. The van der Waals surface area contributed by atoms with Crippen molar-refractivity contribution in [2.45, 2.75) is 4.90 Å². The molecule has 9 nitrogen and oxygen atoms in total. The number of nitrogens with one attached hydrogen (secondary N) is 1. The van der Waals surface area contributed by atoms with Crippen LogP contribution in [0.1, 0.15) is 0 Å². The Morgan fingerprint density at radius 1 is 1.13 bits per heavy atom. The fourth-order valence-corrected chi connectivity index (χ4v) is 4.79. The Morgan fingerprint density at radius 2 is 1.90 bits per heavy atom. The van der Waals surface area contributed by atoms with E-state index in [0.29, 0.717) is 13.2 Å². The number of morpholine rings is 1. The molecule has 0 aliphatic carbocycles. The average Bonchev–Trinajstić information content (AvgIpc) is 2.76. The minimum absolute atomic E-state index is 0.0339. The van der Waals surface area contributed by atoms with Gasteiger partial charge in [0, 0.05) is 24.8 Å². The van der Waals surface area contributed by atoms with E-state index in [0.717, 1.165) is 6.07 Å². The number of hydrogen-bond donors (Lipinski definition) is 1. The predicted molar refractivity (Wildman–Crippen MR) is 109 cm³/mol. The smallest absolute Gasteiger partial charge is 0.265 e. The van der Waals surface area contributed by atoms with Crippen molar-refractivity contribution in [2.24, 2.45) is 0 Å². The van der Waals surface area contributed by atoms with E-state index in [1.165, 1.54) is 45.6 Å². The zero-order valence-electron chi connectivity index (χ0n) is 16.4. The molecule has 0 unspecified atom stereocenters. The topological polar surface area (TPSA) is 105 Å². The Morgan fingerprint density at radius 3 is 2.65 bits per heavy atom. The molecule has 1 fully saturated rings. The monoisotopic (exact) mass is 449 g/mol. The third-order valence-electron chi connectivity index (χ3n) is 4.89. The molecule has 0 bridgehead atoms. The van der Waals surface area contributed by atoms with Gasteiger partial charge in [-0.25, -0.2) is 12.8 Å². The van der Waals surface area contributed by atoms with Crippen LogP contribution in [0.25, 0.3) is 0 Å². The first kappa shape index (κ1) is 21.2. The first-order valence-electron chi connectivity index (χ1n) is 9.55. The number of halogens is 1. The highest BCUT2D eigenvalue weighted by molar-refractivity contribution is 7.89. The molecule has 0 radical (unpaired) electrons. The second-order valence-corrected chi connectivity index (χ2v) is 8.91. The van der Waals surface area contributed by atoms with E-state index in [1.54, 1.807) is 0 Å². The average molecular weight is 449 g/mol. The number of ether oxygens (including phenoxy) is 2. The maximum absolute atomic E-state index is 13.3. The number of anilines is 2. The van der Waals surface area contributed by atoms with Gasteiger partial charge in [0.2, 0.25) is 15.9 Å². The van der Waals surface area contributed by atoms with Gasteiger partial charge in [0.1, 0.15) is 18.1 Å². The van der Waals surface area contributed by atoms with Crippen LogP contribution >= 0.6 is 0 Å². The fraction of sp³-hybridized carbons (Fsp3) is 0.300. The number of rotatable bonds is 5. The highest BCUT2D eigenvalue weighted by Crippen LogP contribution is 2.35. The van der Waals surface area contributed by atoms with Gasteiger partial charge < -0.3 is 14.8 Å². The quantitative estimate of drug-likeness (QED) is 0.736. The molecule has 2 aliphatic heterocycles. The summed E-state index contributed by atoms with van der Waals surface area (Å²) in [4.78, 5) is 26.0. The molecular weight excluding hydrogens is 429 g/mol. The number of benzene rings is 2. The maximum Gasteiger partial charge on any atom is 0.265 e. The lowest BCUT2D eigenvalue weighted by atomic mass is 10.2. The van der Waals surface area contributed by atoms with Crippen molar-refractivity contribution in [3.8, 4) is 5.75 Å². The van der Waals surface area contributed by atoms with E-state index in [9.17, 15) is 22.4 Å². The summed E-state index contributed by atoms with van der Waals surface area (Å²) >= 11 is 0. The van der Waals surface area contributed by atoms with Gasteiger partial charge in [-0.3, -0.25) is 14.5 Å². The molecule has 1 saturated heterocycles. The molecule has 1 N–H and O–H groups in total. The summed E-state index contributed by atoms with van der Waals surface area (Å²) < 4.78 is 51.0. The van der Waals surface area contributed by atoms with Gasteiger partial charge in [-0.05, 0) is 30.3 Å². The van der Waals surface area contributed by atoms with Crippen LogP contribution in [0.15, 0.2) is 47.4 Å². The van der Waals surface area contributed by atoms with Crippen LogP contribution in [0.3, 0.4) is 0 Å². The van der Waals surface area contributed by atoms with E-state index in [-0.39, 0.29) is 48.3 Å². The molecule has 0 atom stereocenters. The van der Waals surface area contributed by atoms with Gasteiger partial charge in [-0.2, -0.15) is 4.31 Å². The lowest BCUT2D eigenvalue weighted by Gasteiger charge is -2.30. The van der Waals surface area contributed by atoms with Crippen molar-refractivity contribution in [3.05, 3.63) is 48.3 Å². The second-order valence-electron chi connectivity index (χ2n) is 6.97. The molecule has 2 aliphatic rings. The number of amides is 2. The third-order valence-corrected chi connectivity index (χ3v) is 6.79. The van der Waals surface area contributed by atoms with E-state index in [2.05, 4.69) is 5.32 Å². The standard InChI is InChI=1S/C20H20FN3O6S/c21-14-2-1-3-15(10-14)22-19(25)12-24-17-5-4-16(11-18(17)30-13-20(24)26)31(27,28)23-6-8-29-9-7-23/h1-5,10-11H,6-9,12-13H2,(H,22,25). The van der Waals surface area contributed by atoms with Crippen LogP contribution < -0.4 is 15.0 Å². The Balaban J connectivity index is 1.54.